The van der Waals surface area contributed by atoms with E-state index in [-0.39, 0.29) is 0 Å². The number of rotatable bonds is 3. The standard InChI is InChI=1S/C17H25NO/c1-18-17(14-9-11-19-12-10-14)16-8-4-6-13-5-2-3-7-15(13)16/h2-3,5,7,14,16-18H,4,6,8-12H2,1H3. The van der Waals surface area contributed by atoms with E-state index in [0.717, 1.165) is 19.1 Å². The van der Waals surface area contributed by atoms with E-state index in [4.69, 9.17) is 4.74 Å². The molecule has 0 radical (unpaired) electrons. The van der Waals surface area contributed by atoms with Gasteiger partial charge in [0, 0.05) is 19.3 Å². The fourth-order valence-electron chi connectivity index (χ4n) is 4.00. The van der Waals surface area contributed by atoms with Crippen molar-refractivity contribution in [2.45, 2.75) is 44.1 Å². The van der Waals surface area contributed by atoms with Gasteiger partial charge < -0.3 is 10.1 Å². The van der Waals surface area contributed by atoms with Crippen molar-refractivity contribution >= 4 is 0 Å². The first-order chi connectivity index (χ1) is 9.40. The predicted molar refractivity (Wildman–Crippen MR) is 78.5 cm³/mol. The lowest BCUT2D eigenvalue weighted by atomic mass is 9.73. The van der Waals surface area contributed by atoms with Crippen molar-refractivity contribution in [3.63, 3.8) is 0 Å². The maximum atomic E-state index is 5.52. The van der Waals surface area contributed by atoms with Crippen molar-refractivity contribution < 1.29 is 4.74 Å². The van der Waals surface area contributed by atoms with E-state index in [1.54, 1.807) is 11.1 Å². The van der Waals surface area contributed by atoms with Gasteiger partial charge in [0.25, 0.3) is 0 Å². The van der Waals surface area contributed by atoms with Crippen LogP contribution in [0.2, 0.25) is 0 Å². The van der Waals surface area contributed by atoms with E-state index in [0.29, 0.717) is 12.0 Å². The molecule has 1 heterocycles. The number of hydrogen-bond acceptors (Lipinski definition) is 2. The van der Waals surface area contributed by atoms with Crippen molar-refractivity contribution in [1.82, 2.24) is 5.32 Å². The Bertz CT molecular complexity index is 411. The Morgan fingerprint density at radius 3 is 2.74 bits per heavy atom. The molecular formula is C17H25NO. The second-order valence-electron chi connectivity index (χ2n) is 5.96. The number of fused-ring (bicyclic) bond motifs is 1. The first-order valence-electron chi connectivity index (χ1n) is 7.73. The van der Waals surface area contributed by atoms with Crippen LogP contribution in [-0.4, -0.2) is 26.3 Å². The van der Waals surface area contributed by atoms with Gasteiger partial charge in [-0.05, 0) is 62.1 Å². The lowest BCUT2D eigenvalue weighted by molar-refractivity contribution is 0.0500. The number of benzene rings is 1. The zero-order valence-corrected chi connectivity index (χ0v) is 11.9. The van der Waals surface area contributed by atoms with Crippen LogP contribution in [0.1, 0.15) is 42.7 Å². The largest absolute Gasteiger partial charge is 0.381 e. The number of aryl methyl sites for hydroxylation is 1. The highest BCUT2D eigenvalue weighted by Gasteiger charge is 2.32. The van der Waals surface area contributed by atoms with Gasteiger partial charge in [-0.15, -0.1) is 0 Å². The summed E-state index contributed by atoms with van der Waals surface area (Å²) in [4.78, 5) is 0. The fraction of sp³-hybridized carbons (Fsp3) is 0.647. The van der Waals surface area contributed by atoms with Gasteiger partial charge in [0.2, 0.25) is 0 Å². The number of hydrogen-bond donors (Lipinski definition) is 1. The van der Waals surface area contributed by atoms with Crippen LogP contribution in [-0.2, 0) is 11.2 Å². The van der Waals surface area contributed by atoms with Crippen molar-refractivity contribution in [2.75, 3.05) is 20.3 Å². The monoisotopic (exact) mass is 259 g/mol. The summed E-state index contributed by atoms with van der Waals surface area (Å²) in [5.41, 5.74) is 3.17. The molecule has 1 N–H and O–H groups in total. The molecule has 1 aliphatic carbocycles. The molecule has 19 heavy (non-hydrogen) atoms. The Balaban J connectivity index is 1.83. The van der Waals surface area contributed by atoms with Gasteiger partial charge in [-0.1, -0.05) is 24.3 Å². The molecular weight excluding hydrogens is 234 g/mol. The highest BCUT2D eigenvalue weighted by atomic mass is 16.5. The van der Waals surface area contributed by atoms with E-state index in [9.17, 15) is 0 Å². The molecule has 0 amide bonds. The average Bonchev–Trinajstić information content (AvgIpc) is 2.49. The molecule has 1 aromatic carbocycles. The summed E-state index contributed by atoms with van der Waals surface area (Å²) in [6.07, 6.45) is 6.36. The quantitative estimate of drug-likeness (QED) is 0.900. The molecule has 2 heteroatoms. The van der Waals surface area contributed by atoms with Crippen LogP contribution >= 0.6 is 0 Å². The number of ether oxygens (including phenoxy) is 1. The number of likely N-dealkylation sites (N-methyl/N-ethyl adjacent to an activating group) is 1. The minimum Gasteiger partial charge on any atom is -0.381 e. The molecule has 0 spiro atoms. The van der Waals surface area contributed by atoms with Crippen molar-refractivity contribution in [3.05, 3.63) is 35.4 Å². The van der Waals surface area contributed by atoms with E-state index in [1.807, 2.05) is 0 Å². The van der Waals surface area contributed by atoms with Gasteiger partial charge in [0.15, 0.2) is 0 Å². The first kappa shape index (κ1) is 13.1. The second kappa shape index (κ2) is 6.06. The van der Waals surface area contributed by atoms with Crippen LogP contribution in [0.4, 0.5) is 0 Å². The summed E-state index contributed by atoms with van der Waals surface area (Å²) in [6.45, 7) is 1.88. The third-order valence-corrected chi connectivity index (χ3v) is 4.96. The highest BCUT2D eigenvalue weighted by molar-refractivity contribution is 5.34. The molecule has 104 valence electrons. The lowest BCUT2D eigenvalue weighted by Crippen LogP contribution is -2.42. The van der Waals surface area contributed by atoms with Crippen molar-refractivity contribution in [3.8, 4) is 0 Å². The Morgan fingerprint density at radius 1 is 1.16 bits per heavy atom. The normalized spacial score (nSPS) is 25.8. The van der Waals surface area contributed by atoms with E-state index in [1.165, 1.54) is 32.1 Å². The fourth-order valence-corrected chi connectivity index (χ4v) is 4.00. The van der Waals surface area contributed by atoms with E-state index in [2.05, 4.69) is 36.6 Å². The van der Waals surface area contributed by atoms with Gasteiger partial charge in [0.05, 0.1) is 0 Å². The van der Waals surface area contributed by atoms with Crippen molar-refractivity contribution in [1.29, 1.82) is 0 Å². The molecule has 1 aromatic rings. The third-order valence-electron chi connectivity index (χ3n) is 4.96. The first-order valence-corrected chi connectivity index (χ1v) is 7.73. The predicted octanol–water partition coefficient (Wildman–Crippen LogP) is 3.12. The van der Waals surface area contributed by atoms with Gasteiger partial charge in [-0.2, -0.15) is 0 Å². The maximum absolute atomic E-state index is 5.52. The molecule has 2 nitrogen and oxygen atoms in total. The summed E-state index contributed by atoms with van der Waals surface area (Å²) in [6, 6.07) is 9.67. The molecule has 1 saturated heterocycles. The second-order valence-corrected chi connectivity index (χ2v) is 5.96. The van der Waals surface area contributed by atoms with E-state index >= 15 is 0 Å². The lowest BCUT2D eigenvalue weighted by Gasteiger charge is -2.38. The molecule has 1 fully saturated rings. The maximum Gasteiger partial charge on any atom is 0.0469 e. The molecule has 2 unspecified atom stereocenters. The summed E-state index contributed by atoms with van der Waals surface area (Å²) in [5.74, 6) is 1.47. The average molecular weight is 259 g/mol. The van der Waals surface area contributed by atoms with Gasteiger partial charge >= 0.3 is 0 Å². The van der Waals surface area contributed by atoms with Gasteiger partial charge in [-0.3, -0.25) is 0 Å². The van der Waals surface area contributed by atoms with Crippen LogP contribution in [0.15, 0.2) is 24.3 Å². The van der Waals surface area contributed by atoms with E-state index < -0.39 is 0 Å². The Morgan fingerprint density at radius 2 is 1.95 bits per heavy atom. The number of nitrogens with one attached hydrogen (secondary N) is 1. The Hall–Kier alpha value is -0.860. The summed E-state index contributed by atoms with van der Waals surface area (Å²) >= 11 is 0. The Kier molecular flexibility index (Phi) is 4.19. The minimum atomic E-state index is 0.616. The Labute approximate surface area is 116 Å². The topological polar surface area (TPSA) is 21.3 Å². The molecule has 0 aromatic heterocycles. The third kappa shape index (κ3) is 2.70. The highest BCUT2D eigenvalue weighted by Crippen LogP contribution is 2.38. The van der Waals surface area contributed by atoms with Crippen LogP contribution in [0, 0.1) is 5.92 Å². The van der Waals surface area contributed by atoms with Crippen molar-refractivity contribution in [2.24, 2.45) is 5.92 Å². The van der Waals surface area contributed by atoms with Crippen LogP contribution in [0.3, 0.4) is 0 Å². The molecule has 0 bridgehead atoms. The summed E-state index contributed by atoms with van der Waals surface area (Å²) < 4.78 is 5.52. The van der Waals surface area contributed by atoms with Gasteiger partial charge in [-0.25, -0.2) is 0 Å². The van der Waals surface area contributed by atoms with Crippen LogP contribution in [0.25, 0.3) is 0 Å². The molecule has 0 saturated carbocycles. The zero-order valence-electron chi connectivity index (χ0n) is 11.9. The summed E-state index contributed by atoms with van der Waals surface area (Å²) in [5, 5.41) is 3.63. The smallest absolute Gasteiger partial charge is 0.0469 e. The molecule has 2 atom stereocenters. The molecule has 3 rings (SSSR count). The molecule has 1 aliphatic heterocycles. The molecule has 2 aliphatic rings. The minimum absolute atomic E-state index is 0.616. The van der Waals surface area contributed by atoms with Gasteiger partial charge in [0.1, 0.15) is 0 Å². The SMILES string of the molecule is CNC(C1CCOCC1)C1CCCc2ccccc21. The summed E-state index contributed by atoms with van der Waals surface area (Å²) in [7, 11) is 2.14. The van der Waals surface area contributed by atoms with Crippen LogP contribution < -0.4 is 5.32 Å². The zero-order chi connectivity index (χ0) is 13.1. The van der Waals surface area contributed by atoms with Crippen LogP contribution in [0.5, 0.6) is 0 Å².